The van der Waals surface area contributed by atoms with E-state index in [0.29, 0.717) is 31.7 Å². The minimum atomic E-state index is -3.66. The number of ether oxygens (including phenoxy) is 1. The molecule has 2 aliphatic heterocycles. The number of nitrogens with one attached hydrogen (secondary N) is 1. The lowest BCUT2D eigenvalue weighted by molar-refractivity contribution is -0.0440. The topological polar surface area (TPSA) is 79.0 Å². The van der Waals surface area contributed by atoms with Gasteiger partial charge in [0.15, 0.2) is 0 Å². The van der Waals surface area contributed by atoms with E-state index >= 15 is 0 Å². The van der Waals surface area contributed by atoms with E-state index in [1.807, 2.05) is 20.9 Å². The fourth-order valence-corrected chi connectivity index (χ4v) is 5.48. The van der Waals surface area contributed by atoms with E-state index in [0.717, 1.165) is 12.8 Å². The lowest BCUT2D eigenvalue weighted by atomic mass is 10.0. The van der Waals surface area contributed by atoms with Gasteiger partial charge in [-0.15, -0.1) is 12.4 Å². The van der Waals surface area contributed by atoms with E-state index < -0.39 is 10.0 Å². The maximum absolute atomic E-state index is 13.1. The number of piperidine rings is 1. The summed E-state index contributed by atoms with van der Waals surface area (Å²) >= 11 is 0. The first-order chi connectivity index (χ1) is 12.8. The Morgan fingerprint density at radius 3 is 2.50 bits per heavy atom. The number of carbonyl (C=O) groups is 1. The zero-order chi connectivity index (χ0) is 19.6. The quantitative estimate of drug-likeness (QED) is 0.785. The molecule has 3 atom stereocenters. The normalized spacial score (nSPS) is 26.5. The molecule has 0 radical (unpaired) electrons. The summed E-state index contributed by atoms with van der Waals surface area (Å²) in [4.78, 5) is 14.9. The highest BCUT2D eigenvalue weighted by atomic mass is 35.5. The number of likely N-dealkylation sites (N-methyl/N-ethyl adjacent to an activating group) is 1. The lowest BCUT2D eigenvalue weighted by Gasteiger charge is -2.34. The molecule has 2 fully saturated rings. The van der Waals surface area contributed by atoms with Gasteiger partial charge in [0.25, 0.3) is 5.91 Å². The number of nitrogens with zero attached hydrogens (tertiary/aromatic N) is 2. The fourth-order valence-electron chi connectivity index (χ4n) is 3.85. The van der Waals surface area contributed by atoms with Gasteiger partial charge in [0.1, 0.15) is 0 Å². The van der Waals surface area contributed by atoms with Gasteiger partial charge in [-0.2, -0.15) is 4.31 Å². The summed E-state index contributed by atoms with van der Waals surface area (Å²) in [6, 6.07) is 6.68. The first kappa shape index (κ1) is 23.1. The van der Waals surface area contributed by atoms with Crippen molar-refractivity contribution in [3.8, 4) is 0 Å². The number of likely N-dealkylation sites (tertiary alicyclic amines) is 1. The molecule has 0 spiro atoms. The molecule has 1 N–H and O–H groups in total. The van der Waals surface area contributed by atoms with Gasteiger partial charge in [0.05, 0.1) is 17.1 Å². The predicted molar refractivity (Wildman–Crippen MR) is 110 cm³/mol. The number of amides is 1. The minimum Gasteiger partial charge on any atom is -0.373 e. The summed E-state index contributed by atoms with van der Waals surface area (Å²) in [5, 5.41) is 3.22. The summed E-state index contributed by atoms with van der Waals surface area (Å²) in [6.07, 6.45) is 1.68. The molecule has 7 nitrogen and oxygen atoms in total. The Labute approximate surface area is 173 Å². The van der Waals surface area contributed by atoms with E-state index in [1.165, 1.54) is 10.4 Å². The molecule has 1 aromatic carbocycles. The third-order valence-electron chi connectivity index (χ3n) is 5.22. The average molecular weight is 432 g/mol. The van der Waals surface area contributed by atoms with E-state index in [1.54, 1.807) is 23.1 Å². The van der Waals surface area contributed by atoms with Crippen LogP contribution < -0.4 is 5.32 Å². The molecule has 2 aliphatic rings. The summed E-state index contributed by atoms with van der Waals surface area (Å²) in [7, 11) is -1.76. The van der Waals surface area contributed by atoms with E-state index in [9.17, 15) is 13.2 Å². The van der Waals surface area contributed by atoms with Crippen molar-refractivity contribution in [2.75, 3.05) is 33.2 Å². The second-order valence-corrected chi connectivity index (χ2v) is 9.42. The SMILES string of the molecule is CNC1CCCN(C(=O)c2cccc(S(=O)(=O)N3CC(C)OC(C)C3)c2)C1.Cl. The molecule has 3 unspecified atom stereocenters. The van der Waals surface area contributed by atoms with Crippen molar-refractivity contribution >= 4 is 28.3 Å². The summed E-state index contributed by atoms with van der Waals surface area (Å²) in [5.74, 6) is -0.115. The van der Waals surface area contributed by atoms with Crippen molar-refractivity contribution in [2.24, 2.45) is 0 Å². The first-order valence-electron chi connectivity index (χ1n) is 9.53. The van der Waals surface area contributed by atoms with E-state index in [2.05, 4.69) is 5.32 Å². The second kappa shape index (κ2) is 9.54. The molecule has 2 heterocycles. The Morgan fingerprint density at radius 1 is 1.18 bits per heavy atom. The number of rotatable bonds is 4. The maximum atomic E-state index is 13.1. The maximum Gasteiger partial charge on any atom is 0.253 e. The van der Waals surface area contributed by atoms with Gasteiger partial charge in [-0.3, -0.25) is 4.79 Å². The Bertz CT molecular complexity index is 779. The monoisotopic (exact) mass is 431 g/mol. The predicted octanol–water partition coefficient (Wildman–Crippen LogP) is 1.73. The van der Waals surface area contributed by atoms with Gasteiger partial charge < -0.3 is 15.0 Å². The van der Waals surface area contributed by atoms with Gasteiger partial charge in [0.2, 0.25) is 10.0 Å². The van der Waals surface area contributed by atoms with Gasteiger partial charge in [-0.1, -0.05) is 6.07 Å². The zero-order valence-corrected chi connectivity index (χ0v) is 18.3. The van der Waals surface area contributed by atoms with Crippen LogP contribution in [0.15, 0.2) is 29.2 Å². The number of halogens is 1. The van der Waals surface area contributed by atoms with Gasteiger partial charge in [-0.25, -0.2) is 8.42 Å². The number of benzene rings is 1. The molecule has 158 valence electrons. The van der Waals surface area contributed by atoms with Gasteiger partial charge in [0, 0.05) is 37.8 Å². The molecule has 0 bridgehead atoms. The third-order valence-corrected chi connectivity index (χ3v) is 7.05. The summed E-state index contributed by atoms with van der Waals surface area (Å²) < 4.78 is 33.2. The molecule has 1 aromatic rings. The highest BCUT2D eigenvalue weighted by Crippen LogP contribution is 2.23. The molecule has 9 heteroatoms. The van der Waals surface area contributed by atoms with Crippen LogP contribution in [-0.4, -0.2) is 75.0 Å². The number of hydrogen-bond donors (Lipinski definition) is 1. The highest BCUT2D eigenvalue weighted by molar-refractivity contribution is 7.89. The third kappa shape index (κ3) is 5.04. The molecular formula is C19H30ClN3O4S. The van der Waals surface area contributed by atoms with Crippen molar-refractivity contribution in [3.63, 3.8) is 0 Å². The number of carbonyl (C=O) groups excluding carboxylic acids is 1. The van der Waals surface area contributed by atoms with Crippen molar-refractivity contribution in [2.45, 2.75) is 49.8 Å². The minimum absolute atomic E-state index is 0. The Hall–Kier alpha value is -1.19. The Morgan fingerprint density at radius 2 is 1.86 bits per heavy atom. The standard InChI is InChI=1S/C19H29N3O4S.ClH/c1-14-11-22(12-15(2)26-14)27(24,25)18-8-4-6-16(10-18)19(23)21-9-5-7-17(13-21)20-3;/h4,6,8,10,14-15,17,20H,5,7,9,11-13H2,1-3H3;1H. The fraction of sp³-hybridized carbons (Fsp3) is 0.632. The molecule has 0 aromatic heterocycles. The van der Waals surface area contributed by atoms with Crippen LogP contribution in [0.5, 0.6) is 0 Å². The van der Waals surface area contributed by atoms with Gasteiger partial charge in [-0.05, 0) is 51.9 Å². The largest absolute Gasteiger partial charge is 0.373 e. The molecule has 1 amide bonds. The van der Waals surface area contributed by atoms with E-state index in [4.69, 9.17) is 4.74 Å². The number of morpholine rings is 1. The van der Waals surface area contributed by atoms with Gasteiger partial charge >= 0.3 is 0 Å². The average Bonchev–Trinajstić information content (AvgIpc) is 2.66. The van der Waals surface area contributed by atoms with Crippen LogP contribution in [-0.2, 0) is 14.8 Å². The van der Waals surface area contributed by atoms with Crippen LogP contribution in [0.2, 0.25) is 0 Å². The zero-order valence-electron chi connectivity index (χ0n) is 16.6. The highest BCUT2D eigenvalue weighted by Gasteiger charge is 2.33. The smallest absolute Gasteiger partial charge is 0.253 e. The van der Waals surface area contributed by atoms with Crippen LogP contribution in [0, 0.1) is 0 Å². The number of hydrogen-bond acceptors (Lipinski definition) is 5. The van der Waals surface area contributed by atoms with Crippen LogP contribution in [0.1, 0.15) is 37.0 Å². The first-order valence-corrected chi connectivity index (χ1v) is 11.0. The van der Waals surface area contributed by atoms with Crippen molar-refractivity contribution < 1.29 is 17.9 Å². The molecule has 28 heavy (non-hydrogen) atoms. The summed E-state index contributed by atoms with van der Waals surface area (Å²) in [6.45, 7) is 5.72. The summed E-state index contributed by atoms with van der Waals surface area (Å²) in [5.41, 5.74) is 0.419. The van der Waals surface area contributed by atoms with Crippen LogP contribution in [0.4, 0.5) is 0 Å². The molecule has 0 aliphatic carbocycles. The molecule has 0 saturated carbocycles. The Balaban J connectivity index is 0.00000280. The number of sulfonamides is 1. The second-order valence-electron chi connectivity index (χ2n) is 7.49. The lowest BCUT2D eigenvalue weighted by Crippen LogP contribution is -2.48. The van der Waals surface area contributed by atoms with Crippen LogP contribution >= 0.6 is 12.4 Å². The molecule has 2 saturated heterocycles. The van der Waals surface area contributed by atoms with Crippen LogP contribution in [0.25, 0.3) is 0 Å². The van der Waals surface area contributed by atoms with E-state index in [-0.39, 0.29) is 41.5 Å². The Kier molecular flexibility index (Phi) is 7.87. The van der Waals surface area contributed by atoms with Crippen LogP contribution in [0.3, 0.4) is 0 Å². The molecule has 3 rings (SSSR count). The molecular weight excluding hydrogens is 402 g/mol. The van der Waals surface area contributed by atoms with Crippen molar-refractivity contribution in [1.29, 1.82) is 0 Å². The van der Waals surface area contributed by atoms with Crippen molar-refractivity contribution in [1.82, 2.24) is 14.5 Å². The van der Waals surface area contributed by atoms with Crippen molar-refractivity contribution in [3.05, 3.63) is 29.8 Å².